The average molecular weight is 471 g/mol. The Morgan fingerprint density at radius 1 is 1.12 bits per heavy atom. The number of hydrogen-bond acceptors (Lipinski definition) is 3. The molecular formula is C31H50O3. The van der Waals surface area contributed by atoms with Crippen LogP contribution in [0.2, 0.25) is 0 Å². The van der Waals surface area contributed by atoms with Crippen LogP contribution in [0.4, 0.5) is 0 Å². The van der Waals surface area contributed by atoms with Crippen LogP contribution >= 0.6 is 0 Å². The third-order valence-corrected chi connectivity index (χ3v) is 11.2. The highest BCUT2D eigenvalue weighted by Crippen LogP contribution is 2.67. The SMILES string of the molecule is C=C(CCC(C)C1CCC2C3C(OC)C=C4CC(OC(C)=O)CCC4(C)C3CCC12C)C(C)C. The Balaban J connectivity index is 1.55. The van der Waals surface area contributed by atoms with Gasteiger partial charge in [0.2, 0.25) is 0 Å². The standard InChI is InChI=1S/C31H50O3/c1-19(2)20(3)9-10-21(4)25-11-12-26-29-27(14-16-31(25,26)7)30(6)15-13-24(34-22(5)32)17-23(30)18-28(29)33-8/h18-19,21,24-29H,3,9-17H2,1-2,4-8H3. The molecule has 0 aromatic rings. The zero-order valence-corrected chi connectivity index (χ0v) is 23.0. The van der Waals surface area contributed by atoms with Gasteiger partial charge in [0.15, 0.2) is 0 Å². The summed E-state index contributed by atoms with van der Waals surface area (Å²) in [6.07, 6.45) is 13.6. The first-order valence-corrected chi connectivity index (χ1v) is 14.1. The van der Waals surface area contributed by atoms with E-state index in [1.54, 1.807) is 0 Å². The maximum atomic E-state index is 11.6. The van der Waals surface area contributed by atoms with Gasteiger partial charge in [-0.15, -0.1) is 0 Å². The lowest BCUT2D eigenvalue weighted by Gasteiger charge is -2.60. The van der Waals surface area contributed by atoms with Gasteiger partial charge in [-0.2, -0.15) is 0 Å². The molecule has 3 heteroatoms. The topological polar surface area (TPSA) is 35.5 Å². The molecule has 0 aromatic heterocycles. The number of rotatable bonds is 7. The first-order chi connectivity index (χ1) is 16.0. The molecule has 4 aliphatic rings. The minimum absolute atomic E-state index is 0.0389. The Morgan fingerprint density at radius 2 is 1.85 bits per heavy atom. The number of methoxy groups -OCH3 is 1. The van der Waals surface area contributed by atoms with Crippen molar-refractivity contribution < 1.29 is 14.3 Å². The second kappa shape index (κ2) is 9.75. The third kappa shape index (κ3) is 4.44. The van der Waals surface area contributed by atoms with Crippen molar-refractivity contribution in [3.8, 4) is 0 Å². The summed E-state index contributed by atoms with van der Waals surface area (Å²) in [6.45, 7) is 18.1. The number of ether oxygens (including phenoxy) is 2. The molecule has 3 nitrogen and oxygen atoms in total. The molecule has 0 aromatic carbocycles. The Kier molecular flexibility index (Phi) is 7.45. The predicted octanol–water partition coefficient (Wildman–Crippen LogP) is 7.75. The second-order valence-corrected chi connectivity index (χ2v) is 13.1. The lowest BCUT2D eigenvalue weighted by atomic mass is 9.46. The summed E-state index contributed by atoms with van der Waals surface area (Å²) in [5, 5.41) is 0. The summed E-state index contributed by atoms with van der Waals surface area (Å²) < 4.78 is 11.9. The van der Waals surface area contributed by atoms with E-state index in [4.69, 9.17) is 9.47 Å². The molecule has 3 saturated carbocycles. The van der Waals surface area contributed by atoms with Gasteiger partial charge in [-0.1, -0.05) is 58.4 Å². The molecule has 9 unspecified atom stereocenters. The fraction of sp³-hybridized carbons (Fsp3) is 0.839. The molecule has 0 bridgehead atoms. The van der Waals surface area contributed by atoms with E-state index >= 15 is 0 Å². The first-order valence-electron chi connectivity index (χ1n) is 14.1. The Labute approximate surface area is 209 Å². The summed E-state index contributed by atoms with van der Waals surface area (Å²) >= 11 is 0. The molecule has 4 rings (SSSR count). The van der Waals surface area contributed by atoms with E-state index in [0.29, 0.717) is 23.2 Å². The highest BCUT2D eigenvalue weighted by molar-refractivity contribution is 5.66. The van der Waals surface area contributed by atoms with E-state index in [9.17, 15) is 4.79 Å². The molecule has 0 amide bonds. The van der Waals surface area contributed by atoms with Crippen LogP contribution in [0, 0.1) is 46.3 Å². The highest BCUT2D eigenvalue weighted by Gasteiger charge is 2.61. The molecule has 9 atom stereocenters. The summed E-state index contributed by atoms with van der Waals surface area (Å²) in [7, 11) is 1.91. The Hall–Kier alpha value is -1.09. The summed E-state index contributed by atoms with van der Waals surface area (Å²) in [6, 6.07) is 0. The van der Waals surface area contributed by atoms with Gasteiger partial charge in [-0.05, 0) is 97.7 Å². The van der Waals surface area contributed by atoms with Crippen LogP contribution in [0.3, 0.4) is 0 Å². The molecule has 0 N–H and O–H groups in total. The Bertz CT molecular complexity index is 811. The van der Waals surface area contributed by atoms with E-state index in [2.05, 4.69) is 47.3 Å². The van der Waals surface area contributed by atoms with Crippen LogP contribution in [0.15, 0.2) is 23.8 Å². The summed E-state index contributed by atoms with van der Waals surface area (Å²) in [5.41, 5.74) is 3.57. The number of allylic oxidation sites excluding steroid dienone is 1. The van der Waals surface area contributed by atoms with Crippen LogP contribution < -0.4 is 0 Å². The Morgan fingerprint density at radius 3 is 2.50 bits per heavy atom. The van der Waals surface area contributed by atoms with Crippen LogP contribution in [0.1, 0.15) is 99.3 Å². The highest BCUT2D eigenvalue weighted by atomic mass is 16.5. The summed E-state index contributed by atoms with van der Waals surface area (Å²) in [4.78, 5) is 11.6. The molecule has 0 heterocycles. The maximum Gasteiger partial charge on any atom is 0.302 e. The number of carbonyl (C=O) groups is 1. The van der Waals surface area contributed by atoms with E-state index in [1.807, 2.05) is 7.11 Å². The molecule has 192 valence electrons. The second-order valence-electron chi connectivity index (χ2n) is 13.1. The van der Waals surface area contributed by atoms with Gasteiger partial charge in [-0.25, -0.2) is 0 Å². The van der Waals surface area contributed by atoms with Gasteiger partial charge < -0.3 is 9.47 Å². The van der Waals surface area contributed by atoms with Crippen LogP contribution in [-0.2, 0) is 14.3 Å². The number of fused-ring (bicyclic) bond motifs is 5. The zero-order chi connectivity index (χ0) is 24.8. The first kappa shape index (κ1) is 26.0. The minimum atomic E-state index is -0.150. The van der Waals surface area contributed by atoms with Gasteiger partial charge in [0.25, 0.3) is 0 Å². The predicted molar refractivity (Wildman–Crippen MR) is 139 cm³/mol. The van der Waals surface area contributed by atoms with E-state index in [0.717, 1.165) is 37.0 Å². The lowest BCUT2D eigenvalue weighted by molar-refractivity contribution is -0.149. The van der Waals surface area contributed by atoms with Crippen molar-refractivity contribution >= 4 is 5.97 Å². The quantitative estimate of drug-likeness (QED) is 0.282. The number of carbonyl (C=O) groups excluding carboxylic acids is 1. The van der Waals surface area contributed by atoms with Crippen molar-refractivity contribution in [2.75, 3.05) is 7.11 Å². The largest absolute Gasteiger partial charge is 0.462 e. The van der Waals surface area contributed by atoms with Gasteiger partial charge >= 0.3 is 5.97 Å². The molecule has 0 spiro atoms. The smallest absolute Gasteiger partial charge is 0.302 e. The fourth-order valence-corrected chi connectivity index (χ4v) is 9.03. The third-order valence-electron chi connectivity index (χ3n) is 11.2. The maximum absolute atomic E-state index is 11.6. The van der Waals surface area contributed by atoms with E-state index in [1.165, 1.54) is 56.6 Å². The number of esters is 1. The molecule has 0 radical (unpaired) electrons. The van der Waals surface area contributed by atoms with E-state index in [-0.39, 0.29) is 23.6 Å². The minimum Gasteiger partial charge on any atom is -0.462 e. The van der Waals surface area contributed by atoms with Crippen LogP contribution in [0.5, 0.6) is 0 Å². The monoisotopic (exact) mass is 470 g/mol. The van der Waals surface area contributed by atoms with Crippen molar-refractivity contribution in [1.82, 2.24) is 0 Å². The molecular weight excluding hydrogens is 420 g/mol. The molecule has 4 aliphatic carbocycles. The molecule has 34 heavy (non-hydrogen) atoms. The fourth-order valence-electron chi connectivity index (χ4n) is 9.03. The average Bonchev–Trinajstić information content (AvgIpc) is 3.13. The van der Waals surface area contributed by atoms with Crippen molar-refractivity contribution in [3.63, 3.8) is 0 Å². The summed E-state index contributed by atoms with van der Waals surface area (Å²) in [5.74, 6) is 4.06. The van der Waals surface area contributed by atoms with Crippen molar-refractivity contribution in [3.05, 3.63) is 23.8 Å². The molecule has 0 saturated heterocycles. The van der Waals surface area contributed by atoms with Crippen LogP contribution in [-0.4, -0.2) is 25.3 Å². The van der Waals surface area contributed by atoms with Crippen molar-refractivity contribution in [2.24, 2.45) is 46.3 Å². The van der Waals surface area contributed by atoms with Gasteiger partial charge in [0, 0.05) is 20.5 Å². The molecule has 3 fully saturated rings. The van der Waals surface area contributed by atoms with Crippen LogP contribution in [0.25, 0.3) is 0 Å². The van der Waals surface area contributed by atoms with E-state index < -0.39 is 0 Å². The van der Waals surface area contributed by atoms with Crippen molar-refractivity contribution in [2.45, 2.75) is 112 Å². The van der Waals surface area contributed by atoms with Gasteiger partial charge in [0.1, 0.15) is 6.10 Å². The normalized spacial score (nSPS) is 42.3. The lowest BCUT2D eigenvalue weighted by Crippen LogP contribution is -2.55. The molecule has 0 aliphatic heterocycles. The van der Waals surface area contributed by atoms with Crippen molar-refractivity contribution in [1.29, 1.82) is 0 Å². The van der Waals surface area contributed by atoms with Gasteiger partial charge in [0.05, 0.1) is 6.10 Å². The number of hydrogen-bond donors (Lipinski definition) is 0. The zero-order valence-electron chi connectivity index (χ0n) is 23.0. The van der Waals surface area contributed by atoms with Gasteiger partial charge in [-0.3, -0.25) is 4.79 Å².